The molecule has 0 saturated heterocycles. The maximum atomic E-state index is 10.9. The molecule has 0 N–H and O–H groups in total. The zero-order valence-corrected chi connectivity index (χ0v) is 22.7. The number of esters is 2. The monoisotopic (exact) mass is 528 g/mol. The van der Waals surface area contributed by atoms with Crippen LogP contribution in [-0.2, 0) is 9.59 Å². The second kappa shape index (κ2) is 14.2. The zero-order valence-electron chi connectivity index (χ0n) is 22.7. The lowest BCUT2D eigenvalue weighted by molar-refractivity contribution is -0.132. The summed E-state index contributed by atoms with van der Waals surface area (Å²) >= 11 is 0. The lowest BCUT2D eigenvalue weighted by Crippen LogP contribution is -2.02. The van der Waals surface area contributed by atoms with Gasteiger partial charge in [-0.2, -0.15) is 0 Å². The average Bonchev–Trinajstić information content (AvgIpc) is 2.94. The number of benzene rings is 4. The van der Waals surface area contributed by atoms with Gasteiger partial charge in [0, 0.05) is 19.8 Å². The van der Waals surface area contributed by atoms with Crippen LogP contribution in [0.3, 0.4) is 0 Å². The third-order valence-corrected chi connectivity index (χ3v) is 5.64. The van der Waals surface area contributed by atoms with Gasteiger partial charge in [-0.1, -0.05) is 31.2 Å². The lowest BCUT2D eigenvalue weighted by atomic mass is 9.93. The number of hydrogen-bond donors (Lipinski definition) is 0. The standard InChI is InChI=1S/C17H18O3.C15H14O4/c1-12(14-4-8-16(19-3)9-5-14)15-6-10-17(11-7-15)20-13(2)18;1-11(16)18-13-7-9-15(10-8-13)19-14-5-3-12(17-2)4-6-14/h4-12H,1-3H3;3-10H,1-2H3. The van der Waals surface area contributed by atoms with Crippen molar-refractivity contribution >= 4 is 11.9 Å². The molecule has 0 spiro atoms. The van der Waals surface area contributed by atoms with Crippen LogP contribution in [0.2, 0.25) is 0 Å². The second-order valence-electron chi connectivity index (χ2n) is 8.50. The molecular weight excluding hydrogens is 496 g/mol. The second-order valence-corrected chi connectivity index (χ2v) is 8.50. The Labute approximate surface area is 228 Å². The largest absolute Gasteiger partial charge is 0.497 e. The van der Waals surface area contributed by atoms with Crippen LogP contribution in [0.5, 0.6) is 34.5 Å². The molecule has 0 bridgehead atoms. The third kappa shape index (κ3) is 9.23. The third-order valence-electron chi connectivity index (χ3n) is 5.64. The van der Waals surface area contributed by atoms with Gasteiger partial charge in [-0.15, -0.1) is 0 Å². The van der Waals surface area contributed by atoms with Gasteiger partial charge >= 0.3 is 11.9 Å². The summed E-state index contributed by atoms with van der Waals surface area (Å²) in [6.45, 7) is 4.90. The maximum Gasteiger partial charge on any atom is 0.308 e. The molecule has 1 unspecified atom stereocenters. The van der Waals surface area contributed by atoms with E-state index in [2.05, 4.69) is 19.1 Å². The number of methoxy groups -OCH3 is 2. The fourth-order valence-corrected chi connectivity index (χ4v) is 3.60. The van der Waals surface area contributed by atoms with E-state index in [9.17, 15) is 9.59 Å². The van der Waals surface area contributed by atoms with E-state index in [0.717, 1.165) is 11.5 Å². The normalized spacial score (nSPS) is 10.8. The van der Waals surface area contributed by atoms with E-state index in [-0.39, 0.29) is 17.9 Å². The molecule has 4 rings (SSSR count). The smallest absolute Gasteiger partial charge is 0.308 e. The zero-order chi connectivity index (χ0) is 28.2. The Morgan fingerprint density at radius 3 is 1.10 bits per heavy atom. The molecule has 0 saturated carbocycles. The van der Waals surface area contributed by atoms with Gasteiger partial charge in [-0.25, -0.2) is 0 Å². The fourth-order valence-electron chi connectivity index (χ4n) is 3.60. The predicted molar refractivity (Wildman–Crippen MR) is 149 cm³/mol. The Morgan fingerprint density at radius 1 is 0.487 bits per heavy atom. The summed E-state index contributed by atoms with van der Waals surface area (Å²) in [5.74, 6) is 3.70. The van der Waals surface area contributed by atoms with Crippen LogP contribution >= 0.6 is 0 Å². The molecule has 7 nitrogen and oxygen atoms in total. The molecule has 4 aromatic rings. The molecule has 0 radical (unpaired) electrons. The van der Waals surface area contributed by atoms with Crippen LogP contribution in [0, 0.1) is 0 Å². The highest BCUT2D eigenvalue weighted by atomic mass is 16.5. The first-order chi connectivity index (χ1) is 18.8. The first kappa shape index (κ1) is 28.8. The van der Waals surface area contributed by atoms with Gasteiger partial charge in [0.2, 0.25) is 0 Å². The van der Waals surface area contributed by atoms with Crippen molar-refractivity contribution in [1.29, 1.82) is 0 Å². The molecule has 0 aliphatic rings. The van der Waals surface area contributed by atoms with Crippen LogP contribution in [0.25, 0.3) is 0 Å². The molecule has 0 fully saturated rings. The van der Waals surface area contributed by atoms with E-state index in [4.69, 9.17) is 23.7 Å². The molecule has 1 atom stereocenters. The van der Waals surface area contributed by atoms with Gasteiger partial charge in [0.1, 0.15) is 34.5 Å². The molecule has 0 aliphatic heterocycles. The van der Waals surface area contributed by atoms with Crippen LogP contribution < -0.4 is 23.7 Å². The van der Waals surface area contributed by atoms with E-state index in [1.54, 1.807) is 38.5 Å². The highest BCUT2D eigenvalue weighted by molar-refractivity contribution is 5.69. The van der Waals surface area contributed by atoms with E-state index in [1.165, 1.54) is 25.0 Å². The summed E-state index contributed by atoms with van der Waals surface area (Å²) in [6, 6.07) is 29.7. The maximum absolute atomic E-state index is 10.9. The number of ether oxygens (including phenoxy) is 5. The van der Waals surface area contributed by atoms with Crippen LogP contribution in [0.4, 0.5) is 0 Å². The van der Waals surface area contributed by atoms with E-state index in [0.29, 0.717) is 23.0 Å². The van der Waals surface area contributed by atoms with Gasteiger partial charge in [0.15, 0.2) is 0 Å². The summed E-state index contributed by atoms with van der Waals surface area (Å²) in [4.78, 5) is 21.7. The SMILES string of the molecule is COc1ccc(C(C)c2ccc(OC(C)=O)cc2)cc1.COc1ccc(Oc2ccc(OC(C)=O)cc2)cc1. The van der Waals surface area contributed by atoms with Crippen LogP contribution in [-0.4, -0.2) is 26.2 Å². The van der Waals surface area contributed by atoms with Crippen molar-refractivity contribution in [1.82, 2.24) is 0 Å². The van der Waals surface area contributed by atoms with E-state index < -0.39 is 0 Å². The summed E-state index contributed by atoms with van der Waals surface area (Å²) in [6.07, 6.45) is 0. The summed E-state index contributed by atoms with van der Waals surface area (Å²) < 4.78 is 25.8. The minimum absolute atomic E-state index is 0.271. The molecule has 0 aromatic heterocycles. The lowest BCUT2D eigenvalue weighted by Gasteiger charge is -2.13. The quantitative estimate of drug-likeness (QED) is 0.177. The van der Waals surface area contributed by atoms with Crippen molar-refractivity contribution in [2.24, 2.45) is 0 Å². The van der Waals surface area contributed by atoms with E-state index in [1.807, 2.05) is 60.7 Å². The average molecular weight is 529 g/mol. The van der Waals surface area contributed by atoms with Crippen molar-refractivity contribution in [3.05, 3.63) is 108 Å². The Bertz CT molecular complexity index is 1330. The summed E-state index contributed by atoms with van der Waals surface area (Å²) in [7, 11) is 3.27. The molecule has 0 amide bonds. The van der Waals surface area contributed by atoms with Crippen molar-refractivity contribution in [2.75, 3.05) is 14.2 Å². The number of rotatable bonds is 8. The van der Waals surface area contributed by atoms with Gasteiger partial charge < -0.3 is 23.7 Å². The molecule has 4 aromatic carbocycles. The number of hydrogen-bond acceptors (Lipinski definition) is 7. The van der Waals surface area contributed by atoms with Crippen molar-refractivity contribution in [3.8, 4) is 34.5 Å². The number of carbonyl (C=O) groups excluding carboxylic acids is 2. The van der Waals surface area contributed by atoms with Crippen LogP contribution in [0.15, 0.2) is 97.1 Å². The van der Waals surface area contributed by atoms with Gasteiger partial charge in [-0.3, -0.25) is 9.59 Å². The topological polar surface area (TPSA) is 80.3 Å². The van der Waals surface area contributed by atoms with Gasteiger partial charge in [-0.05, 0) is 83.9 Å². The molecular formula is C32H32O7. The first-order valence-electron chi connectivity index (χ1n) is 12.3. The van der Waals surface area contributed by atoms with Gasteiger partial charge in [0.25, 0.3) is 0 Å². The molecule has 39 heavy (non-hydrogen) atoms. The highest BCUT2D eigenvalue weighted by Gasteiger charge is 2.09. The summed E-state index contributed by atoms with van der Waals surface area (Å²) in [5, 5.41) is 0. The predicted octanol–water partition coefficient (Wildman–Crippen LogP) is 7.19. The van der Waals surface area contributed by atoms with Crippen molar-refractivity contribution in [3.63, 3.8) is 0 Å². The first-order valence-corrected chi connectivity index (χ1v) is 12.3. The Balaban J connectivity index is 0.000000216. The molecule has 202 valence electrons. The summed E-state index contributed by atoms with van der Waals surface area (Å²) in [5.41, 5.74) is 2.39. The molecule has 0 aliphatic carbocycles. The molecule has 7 heteroatoms. The molecule has 0 heterocycles. The number of carbonyl (C=O) groups is 2. The highest BCUT2D eigenvalue weighted by Crippen LogP contribution is 2.28. The fraction of sp³-hybridized carbons (Fsp3) is 0.188. The van der Waals surface area contributed by atoms with Gasteiger partial charge in [0.05, 0.1) is 14.2 Å². The minimum atomic E-state index is -0.344. The van der Waals surface area contributed by atoms with Crippen LogP contribution in [0.1, 0.15) is 37.8 Å². The minimum Gasteiger partial charge on any atom is -0.497 e. The van der Waals surface area contributed by atoms with Crippen molar-refractivity contribution < 1.29 is 33.3 Å². The van der Waals surface area contributed by atoms with Crippen molar-refractivity contribution in [2.45, 2.75) is 26.7 Å². The Hall–Kier alpha value is -4.78. The van der Waals surface area contributed by atoms with E-state index >= 15 is 0 Å². The Kier molecular flexibility index (Phi) is 10.5. The Morgan fingerprint density at radius 2 is 0.769 bits per heavy atom.